The fourth-order valence-corrected chi connectivity index (χ4v) is 7.45. The first-order valence-corrected chi connectivity index (χ1v) is 15.6. The Labute approximate surface area is 231 Å². The predicted molar refractivity (Wildman–Crippen MR) is 142 cm³/mol. The van der Waals surface area contributed by atoms with E-state index in [-0.39, 0.29) is 53.7 Å². The lowest BCUT2D eigenvalue weighted by Crippen LogP contribution is -2.50. The topological polar surface area (TPSA) is 101 Å². The van der Waals surface area contributed by atoms with Crippen molar-refractivity contribution in [2.24, 2.45) is 11.8 Å². The van der Waals surface area contributed by atoms with E-state index in [1.165, 1.54) is 29.7 Å². The zero-order chi connectivity index (χ0) is 28.6. The number of sulfone groups is 1. The molecule has 0 radical (unpaired) electrons. The van der Waals surface area contributed by atoms with Gasteiger partial charge >= 0.3 is 6.18 Å². The van der Waals surface area contributed by atoms with Crippen LogP contribution in [0.3, 0.4) is 0 Å². The van der Waals surface area contributed by atoms with Gasteiger partial charge in [0.25, 0.3) is 0 Å². The van der Waals surface area contributed by atoms with Gasteiger partial charge in [-0.1, -0.05) is 20.8 Å². The molecule has 1 aliphatic heterocycles. The molecule has 2 aromatic heterocycles. The quantitative estimate of drug-likeness (QED) is 0.432. The van der Waals surface area contributed by atoms with Gasteiger partial charge in [-0.25, -0.2) is 13.4 Å². The number of pyridine rings is 1. The van der Waals surface area contributed by atoms with Crippen molar-refractivity contribution in [3.63, 3.8) is 0 Å². The summed E-state index contributed by atoms with van der Waals surface area (Å²) in [6, 6.07) is 3.01. The van der Waals surface area contributed by atoms with Gasteiger partial charge in [0.05, 0.1) is 28.8 Å². The lowest BCUT2D eigenvalue weighted by atomic mass is 9.78. The summed E-state index contributed by atoms with van der Waals surface area (Å²) in [6.07, 6.45) is -2.26. The molecule has 39 heavy (non-hydrogen) atoms. The van der Waals surface area contributed by atoms with Crippen LogP contribution < -0.4 is 5.32 Å². The molecule has 1 amide bonds. The Hall–Kier alpha value is -2.09. The largest absolute Gasteiger partial charge is 0.417 e. The number of fused-ring (bicyclic) bond motifs is 1. The third-order valence-electron chi connectivity index (χ3n) is 7.82. The molecule has 1 fully saturated rings. The molecule has 13 heteroatoms. The average Bonchev–Trinajstić information content (AvgIpc) is 3.40. The number of methoxy groups -OCH3 is 1. The van der Waals surface area contributed by atoms with Crippen LogP contribution in [-0.4, -0.2) is 60.4 Å². The number of thiazole rings is 1. The van der Waals surface area contributed by atoms with Gasteiger partial charge in [-0.2, -0.15) is 13.2 Å². The second kappa shape index (κ2) is 11.4. The molecule has 216 valence electrons. The SMILES string of the molecule is CCS(=O)(=O)c1ccc(CC(=O)Nc2nc3c(s2)CN(C[C@H]2CC[C@@](OC)(C(F)(F)F)CC2)C3C(C)C)nc1. The number of halogens is 3. The molecular formula is C26H35F3N4O4S2. The van der Waals surface area contributed by atoms with Gasteiger partial charge < -0.3 is 10.1 Å². The Morgan fingerprint density at radius 2 is 1.97 bits per heavy atom. The zero-order valence-corrected chi connectivity index (χ0v) is 24.2. The summed E-state index contributed by atoms with van der Waals surface area (Å²) in [4.78, 5) is 25.0. The normalized spacial score (nSPS) is 24.2. The number of nitrogens with zero attached hydrogens (tertiary/aromatic N) is 3. The van der Waals surface area contributed by atoms with Gasteiger partial charge in [0.2, 0.25) is 5.91 Å². The van der Waals surface area contributed by atoms with Gasteiger partial charge in [0.1, 0.15) is 0 Å². The highest BCUT2D eigenvalue weighted by molar-refractivity contribution is 7.91. The van der Waals surface area contributed by atoms with E-state index in [1.54, 1.807) is 6.92 Å². The van der Waals surface area contributed by atoms with Crippen molar-refractivity contribution in [2.45, 2.75) is 82.1 Å². The van der Waals surface area contributed by atoms with Gasteiger partial charge in [-0.15, -0.1) is 11.3 Å². The summed E-state index contributed by atoms with van der Waals surface area (Å²) in [5, 5.41) is 3.33. The number of nitrogens with one attached hydrogen (secondary N) is 1. The molecule has 1 saturated carbocycles. The Balaban J connectivity index is 1.36. The summed E-state index contributed by atoms with van der Waals surface area (Å²) < 4.78 is 69.5. The van der Waals surface area contributed by atoms with Crippen molar-refractivity contribution < 1.29 is 31.1 Å². The van der Waals surface area contributed by atoms with E-state index in [4.69, 9.17) is 9.72 Å². The third-order valence-corrected chi connectivity index (χ3v) is 10.5. The van der Waals surface area contributed by atoms with Crippen LogP contribution in [-0.2, 0) is 32.3 Å². The van der Waals surface area contributed by atoms with E-state index >= 15 is 0 Å². The van der Waals surface area contributed by atoms with E-state index < -0.39 is 21.6 Å². The molecule has 1 N–H and O–H groups in total. The number of hydrogen-bond acceptors (Lipinski definition) is 8. The van der Waals surface area contributed by atoms with Gasteiger partial charge in [-0.3, -0.25) is 14.7 Å². The highest BCUT2D eigenvalue weighted by Crippen LogP contribution is 2.48. The monoisotopic (exact) mass is 588 g/mol. The summed E-state index contributed by atoms with van der Waals surface area (Å²) >= 11 is 1.41. The van der Waals surface area contributed by atoms with Crippen LogP contribution in [0.15, 0.2) is 23.2 Å². The van der Waals surface area contributed by atoms with Crippen LogP contribution in [0.25, 0.3) is 0 Å². The lowest BCUT2D eigenvalue weighted by molar-refractivity contribution is -0.282. The molecule has 0 aromatic carbocycles. The van der Waals surface area contributed by atoms with Crippen LogP contribution in [0.5, 0.6) is 0 Å². The van der Waals surface area contributed by atoms with Crippen molar-refractivity contribution in [1.82, 2.24) is 14.9 Å². The van der Waals surface area contributed by atoms with E-state index in [9.17, 15) is 26.4 Å². The molecule has 0 saturated heterocycles. The van der Waals surface area contributed by atoms with E-state index in [0.29, 0.717) is 36.8 Å². The average molecular weight is 589 g/mol. The lowest BCUT2D eigenvalue weighted by Gasteiger charge is -2.41. The second-order valence-corrected chi connectivity index (χ2v) is 14.1. The Morgan fingerprint density at radius 1 is 1.28 bits per heavy atom. The summed E-state index contributed by atoms with van der Waals surface area (Å²) in [6.45, 7) is 7.09. The first-order valence-electron chi connectivity index (χ1n) is 13.1. The molecule has 1 atom stereocenters. The fourth-order valence-electron chi connectivity index (χ4n) is 5.59. The third kappa shape index (κ3) is 6.31. The van der Waals surface area contributed by atoms with E-state index in [2.05, 4.69) is 29.0 Å². The van der Waals surface area contributed by atoms with E-state index in [1.807, 2.05) is 0 Å². The Morgan fingerprint density at radius 3 is 2.51 bits per heavy atom. The zero-order valence-electron chi connectivity index (χ0n) is 22.5. The number of anilines is 1. The van der Waals surface area contributed by atoms with Gasteiger partial charge in [-0.05, 0) is 49.7 Å². The van der Waals surface area contributed by atoms with Gasteiger partial charge in [0, 0.05) is 37.0 Å². The predicted octanol–water partition coefficient (Wildman–Crippen LogP) is 5.16. The fraction of sp³-hybridized carbons (Fsp3) is 0.654. The maximum Gasteiger partial charge on any atom is 0.417 e. The van der Waals surface area contributed by atoms with Crippen molar-refractivity contribution in [2.75, 3.05) is 24.7 Å². The van der Waals surface area contributed by atoms with Crippen molar-refractivity contribution in [3.05, 3.63) is 34.6 Å². The highest BCUT2D eigenvalue weighted by Gasteiger charge is 2.56. The van der Waals surface area contributed by atoms with E-state index in [0.717, 1.165) is 17.7 Å². The minimum atomic E-state index is -4.37. The summed E-state index contributed by atoms with van der Waals surface area (Å²) in [5.74, 6) is 0.0604. The molecular weight excluding hydrogens is 553 g/mol. The molecule has 1 unspecified atom stereocenters. The summed E-state index contributed by atoms with van der Waals surface area (Å²) in [7, 11) is -2.21. The minimum Gasteiger partial charge on any atom is -0.369 e. The number of carbonyl (C=O) groups excluding carboxylic acids is 1. The van der Waals surface area contributed by atoms with Gasteiger partial charge in [0.15, 0.2) is 20.6 Å². The first kappa shape index (κ1) is 29.9. The van der Waals surface area contributed by atoms with Crippen molar-refractivity contribution >= 4 is 32.2 Å². The molecule has 2 aliphatic rings. The van der Waals surface area contributed by atoms with Crippen LogP contribution in [0.2, 0.25) is 0 Å². The van der Waals surface area contributed by atoms with Crippen LogP contribution in [0.4, 0.5) is 18.3 Å². The van der Waals surface area contributed by atoms with Crippen LogP contribution >= 0.6 is 11.3 Å². The number of amides is 1. The molecule has 1 aliphatic carbocycles. The maximum absolute atomic E-state index is 13.6. The molecule has 3 heterocycles. The number of carbonyl (C=O) groups is 1. The molecule has 0 spiro atoms. The number of hydrogen-bond donors (Lipinski definition) is 1. The summed E-state index contributed by atoms with van der Waals surface area (Å²) in [5.41, 5.74) is -0.674. The minimum absolute atomic E-state index is 0.0149. The van der Waals surface area contributed by atoms with Crippen LogP contribution in [0.1, 0.15) is 68.8 Å². The van der Waals surface area contributed by atoms with Crippen molar-refractivity contribution in [1.29, 1.82) is 0 Å². The number of ether oxygens (including phenoxy) is 1. The molecule has 8 nitrogen and oxygen atoms in total. The molecule has 0 bridgehead atoms. The smallest absolute Gasteiger partial charge is 0.369 e. The number of aromatic nitrogens is 2. The highest BCUT2D eigenvalue weighted by atomic mass is 32.2. The molecule has 2 aromatic rings. The van der Waals surface area contributed by atoms with Crippen LogP contribution in [0, 0.1) is 11.8 Å². The first-order chi connectivity index (χ1) is 18.3. The second-order valence-electron chi connectivity index (χ2n) is 10.7. The Bertz CT molecular complexity index is 1270. The molecule has 4 rings (SSSR count). The Kier molecular flexibility index (Phi) is 8.75. The van der Waals surface area contributed by atoms with Crippen molar-refractivity contribution in [3.8, 4) is 0 Å². The maximum atomic E-state index is 13.6. The standard InChI is InChI=1S/C26H35F3N4O4S2/c1-5-39(35,36)19-7-6-18(30-13-19)12-21(34)31-24-32-22-20(38-24)15-33(23(22)16(2)3)14-17-8-10-25(37-4,11-9-17)26(27,28)29/h6-7,13,16-17,23H,5,8-12,14-15H2,1-4H3,(H,31,32,34)/t17-,23?,25-. The number of rotatable bonds is 9. The number of alkyl halides is 3.